The van der Waals surface area contributed by atoms with Gasteiger partial charge in [-0.25, -0.2) is 9.59 Å². The van der Waals surface area contributed by atoms with Crippen molar-refractivity contribution in [2.75, 3.05) is 12.4 Å². The number of fused-ring (bicyclic) bond motifs is 1. The maximum atomic E-state index is 12.7. The molecule has 0 fully saturated rings. The normalized spacial score (nSPS) is 16.4. The number of thioether (sulfide) groups is 1. The average Bonchev–Trinajstić information content (AvgIpc) is 3.26. The zero-order chi connectivity index (χ0) is 20.2. The number of hydrogen-bond donors (Lipinski definition) is 2. The van der Waals surface area contributed by atoms with E-state index in [9.17, 15) is 9.59 Å². The molecular weight excluding hydrogens is 392 g/mol. The van der Waals surface area contributed by atoms with Crippen LogP contribution in [-0.2, 0) is 9.53 Å². The van der Waals surface area contributed by atoms with Crippen LogP contribution in [0.1, 0.15) is 18.7 Å². The summed E-state index contributed by atoms with van der Waals surface area (Å²) in [6.07, 6.45) is 3.19. The SMILES string of the molecule is CCOC(=O)C1=C(CSc2nncc3ccccc23)NC(=O)NC1c1ccco1. The highest BCUT2D eigenvalue weighted by Gasteiger charge is 2.35. The third-order valence-corrected chi connectivity index (χ3v) is 5.37. The number of urea groups is 1. The standard InChI is InChI=1S/C20H18N4O4S/c1-2-27-19(25)16-14(22-20(26)23-17(16)15-8-5-9-28-15)11-29-18-13-7-4-3-6-12(13)10-21-24-18/h3-10,17H,2,11H2,1H3,(H2,22,23,26). The zero-order valence-electron chi connectivity index (χ0n) is 15.5. The fourth-order valence-electron chi connectivity index (χ4n) is 3.10. The van der Waals surface area contributed by atoms with Crippen LogP contribution in [0.4, 0.5) is 4.79 Å². The summed E-state index contributed by atoms with van der Waals surface area (Å²) < 4.78 is 10.7. The maximum absolute atomic E-state index is 12.7. The van der Waals surface area contributed by atoms with Crippen LogP contribution in [0.15, 0.2) is 69.6 Å². The van der Waals surface area contributed by atoms with E-state index >= 15 is 0 Å². The van der Waals surface area contributed by atoms with Crippen molar-refractivity contribution in [2.24, 2.45) is 0 Å². The molecule has 2 N–H and O–H groups in total. The van der Waals surface area contributed by atoms with E-state index in [0.29, 0.717) is 27.8 Å². The lowest BCUT2D eigenvalue weighted by atomic mass is 10.0. The Kier molecular flexibility index (Phi) is 5.48. The van der Waals surface area contributed by atoms with Gasteiger partial charge in [0, 0.05) is 22.2 Å². The van der Waals surface area contributed by atoms with Gasteiger partial charge in [0.1, 0.15) is 16.8 Å². The Morgan fingerprint density at radius 3 is 2.93 bits per heavy atom. The summed E-state index contributed by atoms with van der Waals surface area (Å²) in [7, 11) is 0. The van der Waals surface area contributed by atoms with Crippen molar-refractivity contribution in [3.05, 3.63) is 65.9 Å². The molecule has 2 aromatic heterocycles. The van der Waals surface area contributed by atoms with Crippen LogP contribution in [0.25, 0.3) is 10.8 Å². The number of amides is 2. The van der Waals surface area contributed by atoms with Gasteiger partial charge in [0.05, 0.1) is 24.6 Å². The van der Waals surface area contributed by atoms with E-state index in [0.717, 1.165) is 10.8 Å². The minimum Gasteiger partial charge on any atom is -0.467 e. The third-order valence-electron chi connectivity index (χ3n) is 4.37. The van der Waals surface area contributed by atoms with Crippen LogP contribution in [0.2, 0.25) is 0 Å². The minimum absolute atomic E-state index is 0.219. The van der Waals surface area contributed by atoms with E-state index in [1.807, 2.05) is 24.3 Å². The molecule has 1 atom stereocenters. The molecule has 0 saturated heterocycles. The predicted molar refractivity (Wildman–Crippen MR) is 107 cm³/mol. The maximum Gasteiger partial charge on any atom is 0.338 e. The highest BCUT2D eigenvalue weighted by atomic mass is 32.2. The molecule has 0 radical (unpaired) electrons. The molecule has 29 heavy (non-hydrogen) atoms. The summed E-state index contributed by atoms with van der Waals surface area (Å²) in [5, 5.41) is 16.3. The molecule has 1 aliphatic rings. The summed E-state index contributed by atoms with van der Waals surface area (Å²) in [5.74, 6) is 0.248. The number of carbonyl (C=O) groups excluding carboxylic acids is 2. The minimum atomic E-state index is -0.730. The highest BCUT2D eigenvalue weighted by molar-refractivity contribution is 7.99. The molecule has 0 spiro atoms. The van der Waals surface area contributed by atoms with E-state index in [4.69, 9.17) is 9.15 Å². The average molecular weight is 410 g/mol. The number of furan rings is 1. The molecule has 3 heterocycles. The van der Waals surface area contributed by atoms with Gasteiger partial charge in [-0.3, -0.25) is 0 Å². The summed E-state index contributed by atoms with van der Waals surface area (Å²) in [6.45, 7) is 1.95. The molecule has 1 aliphatic heterocycles. The molecule has 0 aliphatic carbocycles. The zero-order valence-corrected chi connectivity index (χ0v) is 16.4. The van der Waals surface area contributed by atoms with Gasteiger partial charge in [-0.15, -0.1) is 5.10 Å². The Morgan fingerprint density at radius 2 is 2.14 bits per heavy atom. The van der Waals surface area contributed by atoms with E-state index in [-0.39, 0.29) is 6.61 Å². The lowest BCUT2D eigenvalue weighted by Crippen LogP contribution is -2.46. The van der Waals surface area contributed by atoms with Gasteiger partial charge in [-0.1, -0.05) is 36.0 Å². The van der Waals surface area contributed by atoms with Gasteiger partial charge >= 0.3 is 12.0 Å². The van der Waals surface area contributed by atoms with Gasteiger partial charge in [0.2, 0.25) is 0 Å². The molecule has 4 rings (SSSR count). The van der Waals surface area contributed by atoms with E-state index in [1.165, 1.54) is 18.0 Å². The second-order valence-electron chi connectivity index (χ2n) is 6.19. The number of rotatable bonds is 6. The third kappa shape index (κ3) is 3.95. The summed E-state index contributed by atoms with van der Waals surface area (Å²) >= 11 is 1.38. The van der Waals surface area contributed by atoms with E-state index in [2.05, 4.69) is 20.8 Å². The van der Waals surface area contributed by atoms with E-state index in [1.54, 1.807) is 25.3 Å². The smallest absolute Gasteiger partial charge is 0.338 e. The summed E-state index contributed by atoms with van der Waals surface area (Å²) in [6, 6.07) is 10.0. The van der Waals surface area contributed by atoms with Crippen molar-refractivity contribution < 1.29 is 18.7 Å². The number of nitrogens with zero attached hydrogens (tertiary/aromatic N) is 2. The van der Waals surface area contributed by atoms with Crippen LogP contribution in [0.5, 0.6) is 0 Å². The lowest BCUT2D eigenvalue weighted by Gasteiger charge is -2.27. The fraction of sp³-hybridized carbons (Fsp3) is 0.200. The van der Waals surface area contributed by atoms with Crippen LogP contribution in [-0.4, -0.2) is 34.6 Å². The number of hydrogen-bond acceptors (Lipinski definition) is 7. The molecule has 2 amide bonds. The number of nitrogens with one attached hydrogen (secondary N) is 2. The monoisotopic (exact) mass is 410 g/mol. The van der Waals surface area contributed by atoms with Gasteiger partial charge in [0.15, 0.2) is 0 Å². The van der Waals surface area contributed by atoms with Crippen molar-refractivity contribution in [2.45, 2.75) is 18.0 Å². The fourth-order valence-corrected chi connectivity index (χ4v) is 4.05. The van der Waals surface area contributed by atoms with Crippen LogP contribution >= 0.6 is 11.8 Å². The Bertz CT molecular complexity index is 1080. The van der Waals surface area contributed by atoms with Crippen molar-refractivity contribution in [1.82, 2.24) is 20.8 Å². The number of esters is 1. The van der Waals surface area contributed by atoms with E-state index < -0.39 is 18.0 Å². The first-order chi connectivity index (χ1) is 14.2. The second kappa shape index (κ2) is 8.36. The topological polar surface area (TPSA) is 106 Å². The number of carbonyl (C=O) groups is 2. The molecule has 3 aromatic rings. The number of ether oxygens (including phenoxy) is 1. The first kappa shape index (κ1) is 19.0. The Hall–Kier alpha value is -3.33. The number of aromatic nitrogens is 2. The molecule has 0 bridgehead atoms. The Morgan fingerprint density at radius 1 is 1.28 bits per heavy atom. The molecule has 8 nitrogen and oxygen atoms in total. The van der Waals surface area contributed by atoms with Gasteiger partial charge in [-0.05, 0) is 19.1 Å². The van der Waals surface area contributed by atoms with Crippen molar-refractivity contribution in [3.63, 3.8) is 0 Å². The van der Waals surface area contributed by atoms with Crippen molar-refractivity contribution >= 4 is 34.5 Å². The van der Waals surface area contributed by atoms with Crippen molar-refractivity contribution in [1.29, 1.82) is 0 Å². The highest BCUT2D eigenvalue weighted by Crippen LogP contribution is 2.32. The first-order valence-electron chi connectivity index (χ1n) is 9.01. The van der Waals surface area contributed by atoms with Crippen LogP contribution < -0.4 is 10.6 Å². The van der Waals surface area contributed by atoms with Gasteiger partial charge < -0.3 is 19.8 Å². The lowest BCUT2D eigenvalue weighted by molar-refractivity contribution is -0.139. The molecule has 148 valence electrons. The second-order valence-corrected chi connectivity index (χ2v) is 7.15. The summed E-state index contributed by atoms with van der Waals surface area (Å²) in [5.41, 5.74) is 0.760. The molecular formula is C20H18N4O4S. The Labute approximate surface area is 170 Å². The molecule has 1 unspecified atom stereocenters. The van der Waals surface area contributed by atoms with Crippen molar-refractivity contribution in [3.8, 4) is 0 Å². The molecule has 9 heteroatoms. The van der Waals surface area contributed by atoms with Crippen LogP contribution in [0.3, 0.4) is 0 Å². The first-order valence-corrected chi connectivity index (χ1v) is 10.00. The molecule has 1 aromatic carbocycles. The van der Waals surface area contributed by atoms with Gasteiger partial charge in [-0.2, -0.15) is 5.10 Å². The predicted octanol–water partition coefficient (Wildman–Crippen LogP) is 3.19. The summed E-state index contributed by atoms with van der Waals surface area (Å²) in [4.78, 5) is 24.9. The van der Waals surface area contributed by atoms with Gasteiger partial charge in [0.25, 0.3) is 0 Å². The van der Waals surface area contributed by atoms with Crippen LogP contribution in [0, 0.1) is 0 Å². The quantitative estimate of drug-likeness (QED) is 0.475. The molecule has 0 saturated carbocycles. The Balaban J connectivity index is 1.70. The number of benzene rings is 1. The largest absolute Gasteiger partial charge is 0.467 e.